The summed E-state index contributed by atoms with van der Waals surface area (Å²) in [5.41, 5.74) is 3.23. The van der Waals surface area contributed by atoms with Crippen LogP contribution in [0.2, 0.25) is 0 Å². The molecule has 0 fully saturated rings. The van der Waals surface area contributed by atoms with E-state index in [1.807, 2.05) is 32.9 Å². The van der Waals surface area contributed by atoms with Crippen LogP contribution in [-0.2, 0) is 4.74 Å². The summed E-state index contributed by atoms with van der Waals surface area (Å²) in [5, 5.41) is 0. The van der Waals surface area contributed by atoms with Gasteiger partial charge in [0.15, 0.2) is 18.1 Å². The SMILES string of the molecule is COc1cc(C(=O)OCC(=O)c2c(C)cc(C)cc2C)ccc1OC(F)F. The van der Waals surface area contributed by atoms with Crippen LogP contribution in [0.25, 0.3) is 0 Å². The summed E-state index contributed by atoms with van der Waals surface area (Å²) < 4.78 is 39.0. The average Bonchev–Trinajstić information content (AvgIpc) is 2.58. The highest BCUT2D eigenvalue weighted by Gasteiger charge is 2.18. The first-order chi connectivity index (χ1) is 12.7. The number of aryl methyl sites for hydroxylation is 3. The Morgan fingerprint density at radius 3 is 2.19 bits per heavy atom. The minimum Gasteiger partial charge on any atom is -0.493 e. The fourth-order valence-electron chi connectivity index (χ4n) is 2.89. The number of rotatable bonds is 7. The van der Waals surface area contributed by atoms with Gasteiger partial charge in [0, 0.05) is 5.56 Å². The number of hydrogen-bond acceptors (Lipinski definition) is 5. The van der Waals surface area contributed by atoms with Gasteiger partial charge in [-0.15, -0.1) is 0 Å². The monoisotopic (exact) mass is 378 g/mol. The zero-order valence-electron chi connectivity index (χ0n) is 15.5. The van der Waals surface area contributed by atoms with E-state index in [1.165, 1.54) is 25.3 Å². The van der Waals surface area contributed by atoms with E-state index in [-0.39, 0.29) is 22.8 Å². The van der Waals surface area contributed by atoms with E-state index in [0.717, 1.165) is 16.7 Å². The smallest absolute Gasteiger partial charge is 0.387 e. The Labute approximate surface area is 155 Å². The van der Waals surface area contributed by atoms with Gasteiger partial charge in [-0.25, -0.2) is 4.79 Å². The molecule has 0 bridgehead atoms. The van der Waals surface area contributed by atoms with Crippen LogP contribution in [0.5, 0.6) is 11.5 Å². The molecule has 0 aromatic heterocycles. The quantitative estimate of drug-likeness (QED) is 0.532. The molecule has 0 saturated carbocycles. The van der Waals surface area contributed by atoms with Gasteiger partial charge in [-0.3, -0.25) is 4.79 Å². The third kappa shape index (κ3) is 5.03. The second-order valence-corrected chi connectivity index (χ2v) is 6.02. The van der Waals surface area contributed by atoms with Crippen molar-refractivity contribution in [3.05, 3.63) is 58.1 Å². The summed E-state index contributed by atoms with van der Waals surface area (Å²) in [4.78, 5) is 24.6. The van der Waals surface area contributed by atoms with Crippen molar-refractivity contribution < 1.29 is 32.6 Å². The van der Waals surface area contributed by atoms with Crippen LogP contribution in [0.3, 0.4) is 0 Å². The lowest BCUT2D eigenvalue weighted by Gasteiger charge is -2.12. The van der Waals surface area contributed by atoms with Crippen molar-refractivity contribution in [1.82, 2.24) is 0 Å². The molecule has 0 saturated heterocycles. The highest BCUT2D eigenvalue weighted by Crippen LogP contribution is 2.29. The van der Waals surface area contributed by atoms with Crippen LogP contribution in [0.15, 0.2) is 30.3 Å². The fraction of sp³-hybridized carbons (Fsp3) is 0.300. The predicted molar refractivity (Wildman–Crippen MR) is 94.9 cm³/mol. The number of esters is 1. The summed E-state index contributed by atoms with van der Waals surface area (Å²) in [6.45, 7) is 2.13. The van der Waals surface area contributed by atoms with Crippen LogP contribution >= 0.6 is 0 Å². The van der Waals surface area contributed by atoms with E-state index in [2.05, 4.69) is 4.74 Å². The number of hydrogen-bond donors (Lipinski definition) is 0. The number of Topliss-reactive ketones (excluding diaryl/α,β-unsaturated/α-hetero) is 1. The normalized spacial score (nSPS) is 10.6. The largest absolute Gasteiger partial charge is 0.493 e. The number of carbonyl (C=O) groups excluding carboxylic acids is 2. The van der Waals surface area contributed by atoms with Crippen molar-refractivity contribution in [2.45, 2.75) is 27.4 Å². The van der Waals surface area contributed by atoms with Gasteiger partial charge in [0.2, 0.25) is 5.78 Å². The first-order valence-electron chi connectivity index (χ1n) is 8.14. The molecule has 0 unspecified atom stereocenters. The van der Waals surface area contributed by atoms with E-state index in [1.54, 1.807) is 0 Å². The molecule has 0 heterocycles. The molecule has 5 nitrogen and oxygen atoms in total. The van der Waals surface area contributed by atoms with Crippen LogP contribution in [-0.4, -0.2) is 32.1 Å². The third-order valence-electron chi connectivity index (χ3n) is 3.91. The Bertz CT molecular complexity index is 838. The molecule has 2 aromatic carbocycles. The van der Waals surface area contributed by atoms with Crippen LogP contribution in [0.4, 0.5) is 8.78 Å². The molecule has 0 N–H and O–H groups in total. The third-order valence-corrected chi connectivity index (χ3v) is 3.91. The van der Waals surface area contributed by atoms with Gasteiger partial charge in [0.05, 0.1) is 12.7 Å². The molecule has 0 aliphatic heterocycles. The molecule has 0 amide bonds. The van der Waals surface area contributed by atoms with Gasteiger partial charge < -0.3 is 14.2 Å². The van der Waals surface area contributed by atoms with Gasteiger partial charge in [0.25, 0.3) is 0 Å². The van der Waals surface area contributed by atoms with Crippen molar-refractivity contribution in [1.29, 1.82) is 0 Å². The maximum absolute atomic E-state index is 12.4. The van der Waals surface area contributed by atoms with E-state index >= 15 is 0 Å². The van der Waals surface area contributed by atoms with Crippen molar-refractivity contribution in [2.75, 3.05) is 13.7 Å². The lowest BCUT2D eigenvalue weighted by Crippen LogP contribution is -2.16. The Hall–Kier alpha value is -2.96. The molecular weight excluding hydrogens is 358 g/mol. The summed E-state index contributed by atoms with van der Waals surface area (Å²) >= 11 is 0. The summed E-state index contributed by atoms with van der Waals surface area (Å²) in [7, 11) is 1.26. The summed E-state index contributed by atoms with van der Waals surface area (Å²) in [6, 6.07) is 7.42. The van der Waals surface area contributed by atoms with Crippen molar-refractivity contribution in [3.8, 4) is 11.5 Å². The first kappa shape index (κ1) is 20.4. The maximum Gasteiger partial charge on any atom is 0.387 e. The van der Waals surface area contributed by atoms with Gasteiger partial charge in [-0.05, 0) is 50.1 Å². The maximum atomic E-state index is 12.4. The number of ether oxygens (including phenoxy) is 3. The minimum atomic E-state index is -3.02. The second-order valence-electron chi connectivity index (χ2n) is 6.02. The average molecular weight is 378 g/mol. The Morgan fingerprint density at radius 1 is 1.00 bits per heavy atom. The first-order valence-corrected chi connectivity index (χ1v) is 8.14. The molecule has 0 spiro atoms. The highest BCUT2D eigenvalue weighted by atomic mass is 19.3. The topological polar surface area (TPSA) is 61.8 Å². The molecule has 27 heavy (non-hydrogen) atoms. The molecule has 0 radical (unpaired) electrons. The molecular formula is C20H20F2O5. The molecule has 7 heteroatoms. The lowest BCUT2D eigenvalue weighted by atomic mass is 9.97. The van der Waals surface area contributed by atoms with Crippen LogP contribution in [0, 0.1) is 20.8 Å². The van der Waals surface area contributed by atoms with Crippen molar-refractivity contribution >= 4 is 11.8 Å². The number of ketones is 1. The Balaban J connectivity index is 2.11. The van der Waals surface area contributed by atoms with E-state index in [4.69, 9.17) is 9.47 Å². The number of halogens is 2. The fourth-order valence-corrected chi connectivity index (χ4v) is 2.89. The standard InChI is InChI=1S/C20H20F2O5/c1-11-7-12(2)18(13(3)8-11)15(23)10-26-19(24)14-5-6-16(27-20(21)22)17(9-14)25-4/h5-9,20H,10H2,1-4H3. The predicted octanol–water partition coefficient (Wildman–Crippen LogP) is 4.26. The molecule has 2 rings (SSSR count). The molecule has 0 aliphatic rings. The van der Waals surface area contributed by atoms with Gasteiger partial charge in [-0.1, -0.05) is 17.7 Å². The number of alkyl halides is 2. The second kappa shape index (κ2) is 8.62. The van der Waals surface area contributed by atoms with Gasteiger partial charge in [0.1, 0.15) is 0 Å². The van der Waals surface area contributed by atoms with Crippen molar-refractivity contribution in [2.24, 2.45) is 0 Å². The minimum absolute atomic E-state index is 0.0405. The van der Waals surface area contributed by atoms with Crippen LogP contribution in [0.1, 0.15) is 37.4 Å². The van der Waals surface area contributed by atoms with Crippen LogP contribution < -0.4 is 9.47 Å². The molecule has 144 valence electrons. The number of benzene rings is 2. The lowest BCUT2D eigenvalue weighted by molar-refractivity contribution is -0.0512. The molecule has 0 atom stereocenters. The zero-order chi connectivity index (χ0) is 20.1. The van der Waals surface area contributed by atoms with E-state index in [0.29, 0.717) is 5.56 Å². The van der Waals surface area contributed by atoms with E-state index < -0.39 is 19.2 Å². The molecule has 0 aliphatic carbocycles. The number of methoxy groups -OCH3 is 1. The van der Waals surface area contributed by atoms with Gasteiger partial charge in [-0.2, -0.15) is 8.78 Å². The molecule has 2 aromatic rings. The highest BCUT2D eigenvalue weighted by molar-refractivity contribution is 6.01. The number of carbonyl (C=O) groups is 2. The van der Waals surface area contributed by atoms with E-state index in [9.17, 15) is 18.4 Å². The summed E-state index contributed by atoms with van der Waals surface area (Å²) in [5.74, 6) is -1.33. The Kier molecular flexibility index (Phi) is 6.50. The van der Waals surface area contributed by atoms with Gasteiger partial charge >= 0.3 is 12.6 Å². The Morgan fingerprint density at radius 2 is 1.63 bits per heavy atom. The zero-order valence-corrected chi connectivity index (χ0v) is 15.5. The summed E-state index contributed by atoms with van der Waals surface area (Å²) in [6.07, 6.45) is 0. The van der Waals surface area contributed by atoms with Crippen molar-refractivity contribution in [3.63, 3.8) is 0 Å².